The van der Waals surface area contributed by atoms with Gasteiger partial charge in [0, 0.05) is 0 Å². The normalized spacial score (nSPS) is 18.4. The Morgan fingerprint density at radius 3 is 2.88 bits per heavy atom. The Kier molecular flexibility index (Phi) is 2.18. The van der Waals surface area contributed by atoms with Gasteiger partial charge in [-0.05, 0) is 23.7 Å². The van der Waals surface area contributed by atoms with Crippen molar-refractivity contribution in [3.8, 4) is 11.5 Å². The minimum atomic E-state index is -0.296. The van der Waals surface area contributed by atoms with Gasteiger partial charge in [0.05, 0.1) is 0 Å². The average Bonchev–Trinajstić information content (AvgIpc) is 2.75. The molecule has 0 aliphatic carbocycles. The third-order valence-corrected chi connectivity index (χ3v) is 2.46. The SMILES string of the molecule is Clc1n[nH]c(C2COc3ccccc3O2)n1. The smallest absolute Gasteiger partial charge is 0.242 e. The zero-order chi connectivity index (χ0) is 11.0. The Balaban J connectivity index is 1.88. The molecule has 0 saturated carbocycles. The number of nitrogens with zero attached hydrogens (tertiary/aromatic N) is 2. The molecular formula is C10H8ClN3O2. The Morgan fingerprint density at radius 2 is 2.12 bits per heavy atom. The molecule has 1 atom stereocenters. The molecule has 0 saturated heterocycles. The standard InChI is InChI=1S/C10H8ClN3O2/c11-10-12-9(13-14-10)8-5-15-6-3-1-2-4-7(6)16-8/h1-4,8H,5H2,(H,12,13,14). The van der Waals surface area contributed by atoms with Gasteiger partial charge in [-0.15, -0.1) is 5.10 Å². The van der Waals surface area contributed by atoms with E-state index < -0.39 is 0 Å². The van der Waals surface area contributed by atoms with E-state index in [1.165, 1.54) is 0 Å². The van der Waals surface area contributed by atoms with E-state index in [1.807, 2.05) is 24.3 Å². The van der Waals surface area contributed by atoms with Crippen LogP contribution in [0.15, 0.2) is 24.3 Å². The quantitative estimate of drug-likeness (QED) is 0.824. The molecule has 1 aliphatic heterocycles. The number of nitrogens with one attached hydrogen (secondary N) is 1. The summed E-state index contributed by atoms with van der Waals surface area (Å²) in [5.74, 6) is 2.01. The molecule has 3 rings (SSSR count). The van der Waals surface area contributed by atoms with E-state index in [9.17, 15) is 0 Å². The summed E-state index contributed by atoms with van der Waals surface area (Å²) in [5, 5.41) is 6.63. The lowest BCUT2D eigenvalue weighted by Crippen LogP contribution is -2.22. The maximum Gasteiger partial charge on any atom is 0.242 e. The predicted molar refractivity (Wildman–Crippen MR) is 56.7 cm³/mol. The van der Waals surface area contributed by atoms with E-state index >= 15 is 0 Å². The number of aromatic nitrogens is 3. The molecular weight excluding hydrogens is 230 g/mol. The van der Waals surface area contributed by atoms with Crippen LogP contribution in [0.25, 0.3) is 0 Å². The van der Waals surface area contributed by atoms with Crippen molar-refractivity contribution in [2.45, 2.75) is 6.10 Å². The number of hydrogen-bond donors (Lipinski definition) is 1. The molecule has 1 aliphatic rings. The number of para-hydroxylation sites is 2. The topological polar surface area (TPSA) is 60.0 Å². The minimum absolute atomic E-state index is 0.178. The number of hydrogen-bond acceptors (Lipinski definition) is 4. The molecule has 1 N–H and O–H groups in total. The first-order valence-corrected chi connectivity index (χ1v) is 5.17. The van der Waals surface area contributed by atoms with Crippen molar-refractivity contribution < 1.29 is 9.47 Å². The van der Waals surface area contributed by atoms with Crippen LogP contribution in [-0.2, 0) is 0 Å². The lowest BCUT2D eigenvalue weighted by atomic mass is 10.2. The lowest BCUT2D eigenvalue weighted by Gasteiger charge is -2.24. The van der Waals surface area contributed by atoms with Crippen molar-refractivity contribution in [3.63, 3.8) is 0 Å². The summed E-state index contributed by atoms with van der Waals surface area (Å²) in [6.45, 7) is 0.391. The van der Waals surface area contributed by atoms with Gasteiger partial charge in [0.25, 0.3) is 0 Å². The highest BCUT2D eigenvalue weighted by Crippen LogP contribution is 2.34. The fraction of sp³-hybridized carbons (Fsp3) is 0.200. The Morgan fingerprint density at radius 1 is 1.31 bits per heavy atom. The third-order valence-electron chi connectivity index (χ3n) is 2.29. The highest BCUT2D eigenvalue weighted by molar-refractivity contribution is 6.28. The van der Waals surface area contributed by atoms with Crippen LogP contribution in [0.4, 0.5) is 0 Å². The van der Waals surface area contributed by atoms with E-state index in [-0.39, 0.29) is 11.4 Å². The molecule has 1 unspecified atom stereocenters. The van der Waals surface area contributed by atoms with Gasteiger partial charge in [0.2, 0.25) is 5.28 Å². The highest BCUT2D eigenvalue weighted by Gasteiger charge is 2.24. The molecule has 6 heteroatoms. The Bertz CT molecular complexity index is 514. The zero-order valence-electron chi connectivity index (χ0n) is 8.18. The molecule has 2 heterocycles. The van der Waals surface area contributed by atoms with Crippen LogP contribution in [0, 0.1) is 0 Å². The van der Waals surface area contributed by atoms with Crippen LogP contribution in [0.2, 0.25) is 5.28 Å². The number of benzene rings is 1. The fourth-order valence-corrected chi connectivity index (χ4v) is 1.68. The highest BCUT2D eigenvalue weighted by atomic mass is 35.5. The second kappa shape index (κ2) is 3.68. The van der Waals surface area contributed by atoms with Gasteiger partial charge in [0.15, 0.2) is 23.4 Å². The van der Waals surface area contributed by atoms with Gasteiger partial charge in [0.1, 0.15) is 6.61 Å². The monoisotopic (exact) mass is 237 g/mol. The predicted octanol–water partition coefficient (Wildman–Crippen LogP) is 1.97. The molecule has 5 nitrogen and oxygen atoms in total. The van der Waals surface area contributed by atoms with Gasteiger partial charge in [-0.1, -0.05) is 12.1 Å². The van der Waals surface area contributed by atoms with E-state index in [4.69, 9.17) is 21.1 Å². The van der Waals surface area contributed by atoms with Gasteiger partial charge < -0.3 is 9.47 Å². The summed E-state index contributed by atoms with van der Waals surface area (Å²) in [6.07, 6.45) is -0.296. The van der Waals surface area contributed by atoms with Crippen LogP contribution in [-0.4, -0.2) is 21.8 Å². The zero-order valence-corrected chi connectivity index (χ0v) is 8.94. The third kappa shape index (κ3) is 1.59. The Labute approximate surface area is 96.4 Å². The van der Waals surface area contributed by atoms with Gasteiger partial charge >= 0.3 is 0 Å². The summed E-state index contributed by atoms with van der Waals surface area (Å²) < 4.78 is 11.3. The van der Waals surface area contributed by atoms with Crippen molar-refractivity contribution in [2.75, 3.05) is 6.61 Å². The molecule has 82 valence electrons. The molecule has 1 aromatic heterocycles. The maximum absolute atomic E-state index is 5.71. The second-order valence-corrected chi connectivity index (χ2v) is 3.69. The summed E-state index contributed by atoms with van der Waals surface area (Å²) in [4.78, 5) is 4.00. The van der Waals surface area contributed by atoms with Crippen molar-refractivity contribution in [3.05, 3.63) is 35.4 Å². The molecule has 0 spiro atoms. The van der Waals surface area contributed by atoms with Gasteiger partial charge in [-0.2, -0.15) is 4.98 Å². The summed E-state index contributed by atoms with van der Waals surface area (Å²) in [7, 11) is 0. The molecule has 1 aromatic carbocycles. The van der Waals surface area contributed by atoms with Crippen LogP contribution >= 0.6 is 11.6 Å². The van der Waals surface area contributed by atoms with Crippen LogP contribution in [0.3, 0.4) is 0 Å². The average molecular weight is 238 g/mol. The first kappa shape index (κ1) is 9.47. The van der Waals surface area contributed by atoms with Crippen LogP contribution in [0.5, 0.6) is 11.5 Å². The maximum atomic E-state index is 5.71. The van der Waals surface area contributed by atoms with Crippen molar-refractivity contribution in [1.29, 1.82) is 0 Å². The molecule has 0 amide bonds. The first-order chi connectivity index (χ1) is 7.83. The summed E-state index contributed by atoms with van der Waals surface area (Å²) >= 11 is 5.63. The number of aromatic amines is 1. The number of H-pyrrole nitrogens is 1. The van der Waals surface area contributed by atoms with Crippen molar-refractivity contribution in [2.24, 2.45) is 0 Å². The van der Waals surface area contributed by atoms with Crippen molar-refractivity contribution >= 4 is 11.6 Å². The molecule has 0 radical (unpaired) electrons. The molecule has 0 bridgehead atoms. The largest absolute Gasteiger partial charge is 0.485 e. The first-order valence-electron chi connectivity index (χ1n) is 4.79. The second-order valence-electron chi connectivity index (χ2n) is 3.35. The van der Waals surface area contributed by atoms with E-state index in [0.29, 0.717) is 18.2 Å². The number of rotatable bonds is 1. The van der Waals surface area contributed by atoms with Crippen molar-refractivity contribution in [1.82, 2.24) is 15.2 Å². The fourth-order valence-electron chi connectivity index (χ4n) is 1.55. The summed E-state index contributed by atoms with van der Waals surface area (Å²) in [5.41, 5.74) is 0. The lowest BCUT2D eigenvalue weighted by molar-refractivity contribution is 0.0853. The van der Waals surface area contributed by atoms with E-state index in [2.05, 4.69) is 15.2 Å². The van der Waals surface area contributed by atoms with Crippen LogP contribution in [0.1, 0.15) is 11.9 Å². The van der Waals surface area contributed by atoms with Crippen LogP contribution < -0.4 is 9.47 Å². The summed E-state index contributed by atoms with van der Waals surface area (Å²) in [6, 6.07) is 7.49. The molecule has 0 fully saturated rings. The van der Waals surface area contributed by atoms with E-state index in [0.717, 1.165) is 5.75 Å². The number of halogens is 1. The Hall–Kier alpha value is -1.75. The number of fused-ring (bicyclic) bond motifs is 1. The van der Waals surface area contributed by atoms with E-state index in [1.54, 1.807) is 0 Å². The van der Waals surface area contributed by atoms with Gasteiger partial charge in [-0.3, -0.25) is 5.10 Å². The van der Waals surface area contributed by atoms with Gasteiger partial charge in [-0.25, -0.2) is 0 Å². The molecule has 16 heavy (non-hydrogen) atoms. The number of ether oxygens (including phenoxy) is 2. The minimum Gasteiger partial charge on any atom is -0.485 e. The molecule has 2 aromatic rings.